The number of benzene rings is 2. The topological polar surface area (TPSA) is 29.5 Å². The fourth-order valence-electron chi connectivity index (χ4n) is 2.69. The Bertz CT molecular complexity index is 620. The van der Waals surface area contributed by atoms with Gasteiger partial charge in [0.05, 0.1) is 6.61 Å². The first-order valence-corrected chi connectivity index (χ1v) is 9.10. The van der Waals surface area contributed by atoms with Crippen LogP contribution in [0.3, 0.4) is 0 Å². The second kappa shape index (κ2) is 10.7. The predicted octanol–water partition coefficient (Wildman–Crippen LogP) is 4.61. The maximum Gasteiger partial charge on any atom is 0.167 e. The molecule has 3 heteroatoms. The molecule has 0 spiro atoms. The minimum atomic E-state index is 0.145. The van der Waals surface area contributed by atoms with E-state index in [4.69, 9.17) is 4.74 Å². The quantitative estimate of drug-likeness (QED) is 0.442. The molecule has 0 aromatic heterocycles. The number of carbonyl (C=O) groups excluding carboxylic acids is 1. The molecule has 0 radical (unpaired) electrons. The third kappa shape index (κ3) is 7.53. The summed E-state index contributed by atoms with van der Waals surface area (Å²) in [6.45, 7) is 1.91. The van der Waals surface area contributed by atoms with Crippen LogP contribution in [0.2, 0.25) is 0 Å². The highest BCUT2D eigenvalue weighted by Crippen LogP contribution is 2.15. The minimum Gasteiger partial charge on any atom is -0.494 e. The van der Waals surface area contributed by atoms with Gasteiger partial charge in [-0.1, -0.05) is 55.3 Å². The smallest absolute Gasteiger partial charge is 0.167 e. The molecule has 0 aliphatic carbocycles. The molecule has 2 aromatic rings. The van der Waals surface area contributed by atoms with Crippen molar-refractivity contribution < 1.29 is 9.53 Å². The van der Waals surface area contributed by atoms with Crippen molar-refractivity contribution in [2.75, 3.05) is 27.2 Å². The molecule has 2 aromatic carbocycles. The van der Waals surface area contributed by atoms with E-state index in [-0.39, 0.29) is 5.78 Å². The second-order valence-corrected chi connectivity index (χ2v) is 6.68. The fraction of sp³-hybridized carbons (Fsp3) is 0.409. The van der Waals surface area contributed by atoms with Gasteiger partial charge in [-0.2, -0.15) is 0 Å². The molecule has 0 saturated heterocycles. The van der Waals surface area contributed by atoms with Crippen molar-refractivity contribution in [3.05, 3.63) is 65.7 Å². The lowest BCUT2D eigenvalue weighted by Crippen LogP contribution is -2.12. The van der Waals surface area contributed by atoms with Gasteiger partial charge in [-0.05, 0) is 51.2 Å². The van der Waals surface area contributed by atoms with Gasteiger partial charge in [0, 0.05) is 12.0 Å². The van der Waals surface area contributed by atoms with E-state index in [9.17, 15) is 4.79 Å². The number of ether oxygens (including phenoxy) is 1. The van der Waals surface area contributed by atoms with E-state index in [0.717, 1.165) is 36.4 Å². The highest BCUT2D eigenvalue weighted by Gasteiger charge is 2.06. The van der Waals surface area contributed by atoms with Crippen LogP contribution in [-0.4, -0.2) is 37.9 Å². The average molecular weight is 339 g/mol. The number of hydrogen-bond donors (Lipinski definition) is 0. The fourth-order valence-corrected chi connectivity index (χ4v) is 2.69. The molecule has 25 heavy (non-hydrogen) atoms. The maximum absolute atomic E-state index is 12.2. The van der Waals surface area contributed by atoms with Gasteiger partial charge in [0.1, 0.15) is 5.75 Å². The minimum absolute atomic E-state index is 0.145. The summed E-state index contributed by atoms with van der Waals surface area (Å²) in [7, 11) is 4.22. The zero-order valence-corrected chi connectivity index (χ0v) is 15.4. The predicted molar refractivity (Wildman–Crippen MR) is 103 cm³/mol. The summed E-state index contributed by atoms with van der Waals surface area (Å²) >= 11 is 0. The molecule has 0 aliphatic rings. The summed E-state index contributed by atoms with van der Waals surface area (Å²) in [4.78, 5) is 14.4. The van der Waals surface area contributed by atoms with Gasteiger partial charge >= 0.3 is 0 Å². The Balaban J connectivity index is 1.67. The number of unbranched alkanes of at least 4 members (excludes halogenated alkanes) is 3. The normalized spacial score (nSPS) is 10.8. The summed E-state index contributed by atoms with van der Waals surface area (Å²) in [5.41, 5.74) is 1.78. The van der Waals surface area contributed by atoms with Crippen molar-refractivity contribution in [2.45, 2.75) is 32.1 Å². The highest BCUT2D eigenvalue weighted by atomic mass is 16.5. The summed E-state index contributed by atoms with van der Waals surface area (Å²) in [5, 5.41) is 0. The monoisotopic (exact) mass is 339 g/mol. The van der Waals surface area contributed by atoms with Crippen molar-refractivity contribution in [3.63, 3.8) is 0 Å². The summed E-state index contributed by atoms with van der Waals surface area (Å²) < 4.78 is 5.78. The van der Waals surface area contributed by atoms with Crippen LogP contribution in [0.1, 0.15) is 41.6 Å². The number of carbonyl (C=O) groups is 1. The Morgan fingerprint density at radius 1 is 0.880 bits per heavy atom. The van der Waals surface area contributed by atoms with Gasteiger partial charge in [-0.25, -0.2) is 0 Å². The van der Waals surface area contributed by atoms with Crippen LogP contribution in [-0.2, 0) is 6.42 Å². The standard InChI is InChI=1S/C22H29NO2/c1-23(2)16-8-3-4-9-17-25-21-14-12-19(13-15-21)18-22(24)20-10-6-5-7-11-20/h5-7,10-15H,3-4,8-9,16-18H2,1-2H3. The molecule has 2 rings (SSSR count). The van der Waals surface area contributed by atoms with Crippen LogP contribution < -0.4 is 4.74 Å². The first-order valence-electron chi connectivity index (χ1n) is 9.10. The van der Waals surface area contributed by atoms with Gasteiger partial charge in [0.25, 0.3) is 0 Å². The van der Waals surface area contributed by atoms with Gasteiger partial charge in [0.2, 0.25) is 0 Å². The highest BCUT2D eigenvalue weighted by molar-refractivity contribution is 5.97. The van der Waals surface area contributed by atoms with Crippen LogP contribution in [0.4, 0.5) is 0 Å². The van der Waals surface area contributed by atoms with Crippen molar-refractivity contribution in [2.24, 2.45) is 0 Å². The van der Waals surface area contributed by atoms with Crippen LogP contribution >= 0.6 is 0 Å². The van der Waals surface area contributed by atoms with Crippen molar-refractivity contribution in [1.82, 2.24) is 4.90 Å². The Hall–Kier alpha value is -2.13. The van der Waals surface area contributed by atoms with Gasteiger partial charge in [-0.3, -0.25) is 4.79 Å². The number of rotatable bonds is 11. The Morgan fingerprint density at radius 3 is 2.24 bits per heavy atom. The zero-order chi connectivity index (χ0) is 17.9. The SMILES string of the molecule is CN(C)CCCCCCOc1ccc(CC(=O)c2ccccc2)cc1. The van der Waals surface area contributed by atoms with E-state index in [2.05, 4.69) is 19.0 Å². The molecule has 0 aliphatic heterocycles. The lowest BCUT2D eigenvalue weighted by atomic mass is 10.0. The van der Waals surface area contributed by atoms with Crippen LogP contribution in [0.5, 0.6) is 5.75 Å². The molecule has 0 amide bonds. The molecule has 0 saturated carbocycles. The van der Waals surface area contributed by atoms with E-state index >= 15 is 0 Å². The number of ketones is 1. The van der Waals surface area contributed by atoms with Crippen LogP contribution in [0.15, 0.2) is 54.6 Å². The van der Waals surface area contributed by atoms with E-state index in [1.165, 1.54) is 19.3 Å². The second-order valence-electron chi connectivity index (χ2n) is 6.68. The van der Waals surface area contributed by atoms with Crippen molar-refractivity contribution in [1.29, 1.82) is 0 Å². The first-order chi connectivity index (χ1) is 12.1. The Kier molecular flexibility index (Phi) is 8.20. The molecule has 134 valence electrons. The molecular weight excluding hydrogens is 310 g/mol. The zero-order valence-electron chi connectivity index (χ0n) is 15.4. The van der Waals surface area contributed by atoms with E-state index in [0.29, 0.717) is 6.42 Å². The molecule has 0 unspecified atom stereocenters. The Labute approximate surface area is 151 Å². The molecule has 0 atom stereocenters. The molecule has 0 bridgehead atoms. The lowest BCUT2D eigenvalue weighted by molar-refractivity contribution is 0.0993. The van der Waals surface area contributed by atoms with Gasteiger partial charge in [-0.15, -0.1) is 0 Å². The van der Waals surface area contributed by atoms with Gasteiger partial charge < -0.3 is 9.64 Å². The Morgan fingerprint density at radius 2 is 1.56 bits per heavy atom. The van der Waals surface area contributed by atoms with E-state index in [1.54, 1.807) is 0 Å². The third-order valence-corrected chi connectivity index (χ3v) is 4.15. The largest absolute Gasteiger partial charge is 0.494 e. The molecule has 0 N–H and O–H groups in total. The van der Waals surface area contributed by atoms with Crippen LogP contribution in [0.25, 0.3) is 0 Å². The molecule has 3 nitrogen and oxygen atoms in total. The van der Waals surface area contributed by atoms with Crippen molar-refractivity contribution >= 4 is 5.78 Å². The van der Waals surface area contributed by atoms with E-state index < -0.39 is 0 Å². The molecule has 0 heterocycles. The summed E-state index contributed by atoms with van der Waals surface area (Å²) in [6.07, 6.45) is 5.22. The molecular formula is C22H29NO2. The maximum atomic E-state index is 12.2. The molecule has 0 fully saturated rings. The average Bonchev–Trinajstić information content (AvgIpc) is 2.62. The van der Waals surface area contributed by atoms with Crippen molar-refractivity contribution in [3.8, 4) is 5.75 Å². The third-order valence-electron chi connectivity index (χ3n) is 4.15. The first kappa shape index (κ1) is 19.2. The number of Topliss-reactive ketones (excluding diaryl/α,β-unsaturated/α-hetero) is 1. The summed E-state index contributed by atoms with van der Waals surface area (Å²) in [5.74, 6) is 1.02. The van der Waals surface area contributed by atoms with E-state index in [1.807, 2.05) is 54.6 Å². The number of nitrogens with zero attached hydrogens (tertiary/aromatic N) is 1. The lowest BCUT2D eigenvalue weighted by Gasteiger charge is -2.09. The number of hydrogen-bond acceptors (Lipinski definition) is 3. The van der Waals surface area contributed by atoms with Crippen LogP contribution in [0, 0.1) is 0 Å². The van der Waals surface area contributed by atoms with Gasteiger partial charge in [0.15, 0.2) is 5.78 Å². The summed E-state index contributed by atoms with van der Waals surface area (Å²) in [6, 6.07) is 17.3.